The second-order valence-electron chi connectivity index (χ2n) is 4.84. The van der Waals surface area contributed by atoms with Gasteiger partial charge in [-0.1, -0.05) is 17.4 Å². The van der Waals surface area contributed by atoms with Crippen LogP contribution in [0.4, 0.5) is 5.69 Å². The summed E-state index contributed by atoms with van der Waals surface area (Å²) in [4.78, 5) is 37.8. The standard InChI is InChI=1S/C16H13N3O3S/c1-17-14(20)9-3-2-4-10(7-9)15(21)18-11-5-6-12-13(8-11)23-16(22)19-12/h2-8H,1H3,(H,17,20)(H,18,21)(H,19,22). The van der Waals surface area contributed by atoms with Crippen LogP contribution in [0.1, 0.15) is 20.7 Å². The van der Waals surface area contributed by atoms with Crippen LogP contribution in [0, 0.1) is 0 Å². The SMILES string of the molecule is CNC(=O)c1cccc(C(=O)Nc2ccc3[nH]c(=O)sc3c2)c1. The van der Waals surface area contributed by atoms with Gasteiger partial charge in [0, 0.05) is 23.9 Å². The average Bonchev–Trinajstić information content (AvgIpc) is 2.93. The molecule has 116 valence electrons. The Morgan fingerprint density at radius 1 is 1.04 bits per heavy atom. The molecule has 0 saturated heterocycles. The molecule has 3 N–H and O–H groups in total. The minimum absolute atomic E-state index is 0.137. The van der Waals surface area contributed by atoms with Gasteiger partial charge in [-0.15, -0.1) is 0 Å². The van der Waals surface area contributed by atoms with Crippen LogP contribution in [0.3, 0.4) is 0 Å². The highest BCUT2D eigenvalue weighted by atomic mass is 32.1. The molecule has 3 rings (SSSR count). The highest BCUT2D eigenvalue weighted by molar-refractivity contribution is 7.16. The summed E-state index contributed by atoms with van der Waals surface area (Å²) in [7, 11) is 1.53. The van der Waals surface area contributed by atoms with E-state index >= 15 is 0 Å². The molecule has 0 saturated carbocycles. The van der Waals surface area contributed by atoms with E-state index in [9.17, 15) is 14.4 Å². The molecule has 3 aromatic rings. The summed E-state index contributed by atoms with van der Waals surface area (Å²) in [5.74, 6) is -0.573. The quantitative estimate of drug-likeness (QED) is 0.689. The smallest absolute Gasteiger partial charge is 0.305 e. The van der Waals surface area contributed by atoms with Crippen LogP contribution >= 0.6 is 11.3 Å². The fourth-order valence-corrected chi connectivity index (χ4v) is 2.95. The highest BCUT2D eigenvalue weighted by Gasteiger charge is 2.10. The number of fused-ring (bicyclic) bond motifs is 1. The van der Waals surface area contributed by atoms with Crippen molar-refractivity contribution in [1.29, 1.82) is 0 Å². The molecular formula is C16H13N3O3S. The summed E-state index contributed by atoms with van der Waals surface area (Å²) >= 11 is 1.08. The molecule has 0 unspecified atom stereocenters. The molecule has 0 aliphatic carbocycles. The number of H-pyrrole nitrogens is 1. The van der Waals surface area contributed by atoms with Crippen LogP contribution in [0.25, 0.3) is 10.2 Å². The van der Waals surface area contributed by atoms with Crippen molar-refractivity contribution in [3.63, 3.8) is 0 Å². The molecule has 0 atom stereocenters. The molecule has 0 spiro atoms. The summed E-state index contributed by atoms with van der Waals surface area (Å²) < 4.78 is 0.770. The van der Waals surface area contributed by atoms with Crippen LogP contribution in [-0.2, 0) is 0 Å². The minimum atomic E-state index is -0.321. The molecule has 0 aliphatic rings. The lowest BCUT2D eigenvalue weighted by Crippen LogP contribution is -2.19. The fraction of sp³-hybridized carbons (Fsp3) is 0.0625. The first-order valence-electron chi connectivity index (χ1n) is 6.83. The predicted octanol–water partition coefficient (Wildman–Crippen LogP) is 2.20. The van der Waals surface area contributed by atoms with E-state index in [1.54, 1.807) is 36.4 Å². The number of thiazole rings is 1. The molecule has 7 heteroatoms. The number of anilines is 1. The van der Waals surface area contributed by atoms with Crippen molar-refractivity contribution >= 4 is 39.1 Å². The third kappa shape index (κ3) is 3.14. The lowest BCUT2D eigenvalue weighted by molar-refractivity contribution is 0.0963. The number of hydrogen-bond donors (Lipinski definition) is 3. The van der Waals surface area contributed by atoms with Crippen molar-refractivity contribution in [2.24, 2.45) is 0 Å². The number of rotatable bonds is 3. The van der Waals surface area contributed by atoms with E-state index in [0.717, 1.165) is 21.6 Å². The lowest BCUT2D eigenvalue weighted by atomic mass is 10.1. The zero-order valence-corrected chi connectivity index (χ0v) is 13.0. The number of amides is 2. The third-order valence-corrected chi connectivity index (χ3v) is 4.14. The monoisotopic (exact) mass is 327 g/mol. The molecule has 6 nitrogen and oxygen atoms in total. The number of carbonyl (C=O) groups excluding carboxylic acids is 2. The van der Waals surface area contributed by atoms with Gasteiger partial charge >= 0.3 is 4.87 Å². The number of hydrogen-bond acceptors (Lipinski definition) is 4. The molecule has 0 bridgehead atoms. The second-order valence-corrected chi connectivity index (χ2v) is 5.85. The van der Waals surface area contributed by atoms with E-state index in [4.69, 9.17) is 0 Å². The van der Waals surface area contributed by atoms with Gasteiger partial charge in [-0.25, -0.2) is 0 Å². The topological polar surface area (TPSA) is 91.1 Å². The van der Waals surface area contributed by atoms with E-state index in [1.165, 1.54) is 13.1 Å². The van der Waals surface area contributed by atoms with Crippen molar-refractivity contribution < 1.29 is 9.59 Å². The Labute approximate surface area is 135 Å². The van der Waals surface area contributed by atoms with Crippen LogP contribution in [0.2, 0.25) is 0 Å². The largest absolute Gasteiger partial charge is 0.355 e. The van der Waals surface area contributed by atoms with E-state index < -0.39 is 0 Å². The van der Waals surface area contributed by atoms with Crippen molar-refractivity contribution in [3.05, 3.63) is 63.3 Å². The predicted molar refractivity (Wildman–Crippen MR) is 90.2 cm³/mol. The third-order valence-electron chi connectivity index (χ3n) is 3.29. The number of aromatic nitrogens is 1. The van der Waals surface area contributed by atoms with E-state index in [0.29, 0.717) is 16.8 Å². The Morgan fingerprint density at radius 2 is 1.78 bits per heavy atom. The van der Waals surface area contributed by atoms with Crippen LogP contribution < -0.4 is 15.5 Å². The van der Waals surface area contributed by atoms with Crippen LogP contribution in [0.15, 0.2) is 47.3 Å². The van der Waals surface area contributed by atoms with Gasteiger partial charge in [0.1, 0.15) is 0 Å². The molecule has 0 fully saturated rings. The van der Waals surface area contributed by atoms with Crippen LogP contribution in [0.5, 0.6) is 0 Å². The first-order chi connectivity index (χ1) is 11.1. The van der Waals surface area contributed by atoms with Crippen LogP contribution in [-0.4, -0.2) is 23.8 Å². The van der Waals surface area contributed by atoms with Gasteiger partial charge in [0.15, 0.2) is 0 Å². The van der Waals surface area contributed by atoms with Gasteiger partial charge in [0.05, 0.1) is 10.2 Å². The maximum atomic E-state index is 12.3. The average molecular weight is 327 g/mol. The van der Waals surface area contributed by atoms with E-state index in [1.807, 2.05) is 0 Å². The number of benzene rings is 2. The number of carbonyl (C=O) groups is 2. The Balaban J connectivity index is 1.85. The zero-order chi connectivity index (χ0) is 16.4. The Bertz CT molecular complexity index is 958. The van der Waals surface area contributed by atoms with Gasteiger partial charge in [-0.05, 0) is 36.4 Å². The maximum Gasteiger partial charge on any atom is 0.305 e. The normalized spacial score (nSPS) is 10.5. The lowest BCUT2D eigenvalue weighted by Gasteiger charge is -2.07. The molecule has 0 radical (unpaired) electrons. The molecule has 1 heterocycles. The minimum Gasteiger partial charge on any atom is -0.355 e. The molecule has 2 amide bonds. The number of aromatic amines is 1. The Hall–Kier alpha value is -2.93. The van der Waals surface area contributed by atoms with E-state index in [2.05, 4.69) is 15.6 Å². The molecule has 1 aromatic heterocycles. The fourth-order valence-electron chi connectivity index (χ4n) is 2.17. The van der Waals surface area contributed by atoms with Gasteiger partial charge < -0.3 is 15.6 Å². The summed E-state index contributed by atoms with van der Waals surface area (Å²) in [6.07, 6.45) is 0. The van der Waals surface area contributed by atoms with Crippen molar-refractivity contribution in [2.75, 3.05) is 12.4 Å². The highest BCUT2D eigenvalue weighted by Crippen LogP contribution is 2.20. The zero-order valence-electron chi connectivity index (χ0n) is 12.2. The summed E-state index contributed by atoms with van der Waals surface area (Å²) in [5.41, 5.74) is 2.12. The first-order valence-corrected chi connectivity index (χ1v) is 7.65. The van der Waals surface area contributed by atoms with Gasteiger partial charge in [0.25, 0.3) is 11.8 Å². The summed E-state index contributed by atoms with van der Waals surface area (Å²) in [6, 6.07) is 11.6. The molecular weight excluding hydrogens is 314 g/mol. The second kappa shape index (κ2) is 6.05. The van der Waals surface area contributed by atoms with Crippen molar-refractivity contribution in [3.8, 4) is 0 Å². The Morgan fingerprint density at radius 3 is 2.52 bits per heavy atom. The Kier molecular flexibility index (Phi) is 3.94. The maximum absolute atomic E-state index is 12.3. The van der Waals surface area contributed by atoms with Crippen molar-refractivity contribution in [1.82, 2.24) is 10.3 Å². The first kappa shape index (κ1) is 15.0. The van der Waals surface area contributed by atoms with Gasteiger partial charge in [0.2, 0.25) is 0 Å². The molecule has 23 heavy (non-hydrogen) atoms. The van der Waals surface area contributed by atoms with Crippen molar-refractivity contribution in [2.45, 2.75) is 0 Å². The molecule has 2 aromatic carbocycles. The molecule has 0 aliphatic heterocycles. The van der Waals surface area contributed by atoms with Gasteiger partial charge in [-0.2, -0.15) is 0 Å². The summed E-state index contributed by atoms with van der Waals surface area (Å²) in [6.45, 7) is 0. The van der Waals surface area contributed by atoms with E-state index in [-0.39, 0.29) is 16.7 Å². The number of nitrogens with one attached hydrogen (secondary N) is 3. The van der Waals surface area contributed by atoms with Gasteiger partial charge in [-0.3, -0.25) is 14.4 Å². The summed E-state index contributed by atoms with van der Waals surface area (Å²) in [5, 5.41) is 5.28.